The fraction of sp³-hybridized carbons (Fsp3) is 0.250. The molecule has 1 N–H and O–H groups in total. The number of rotatable bonds is 5. The molecule has 26 heavy (non-hydrogen) atoms. The topological polar surface area (TPSA) is 67.9 Å². The Morgan fingerprint density at radius 2 is 2.00 bits per heavy atom. The molecule has 2 heterocycles. The van der Waals surface area contributed by atoms with Crippen LogP contribution in [0.5, 0.6) is 5.75 Å². The first-order chi connectivity index (χ1) is 11.8. The number of imidazole rings is 1. The Morgan fingerprint density at radius 1 is 1.27 bits per heavy atom. The van der Waals surface area contributed by atoms with E-state index in [1.165, 1.54) is 12.3 Å². The molecule has 10 heteroatoms. The molecule has 0 aliphatic rings. The molecule has 2 aromatic heterocycles. The number of benzene rings is 1. The fourth-order valence-corrected chi connectivity index (χ4v) is 3.35. The van der Waals surface area contributed by atoms with Crippen LogP contribution in [0.2, 0.25) is 0 Å². The predicted molar refractivity (Wildman–Crippen MR) is 87.8 cm³/mol. The molecule has 3 aromatic rings. The van der Waals surface area contributed by atoms with Crippen molar-refractivity contribution in [1.29, 1.82) is 0 Å². The van der Waals surface area contributed by atoms with Crippen molar-refractivity contribution in [3.8, 4) is 5.75 Å². The average Bonchev–Trinajstić information content (AvgIpc) is 2.99. The van der Waals surface area contributed by atoms with Crippen molar-refractivity contribution in [3.63, 3.8) is 0 Å². The summed E-state index contributed by atoms with van der Waals surface area (Å²) in [6, 6.07) is 8.62. The molecule has 0 amide bonds. The van der Waals surface area contributed by atoms with Gasteiger partial charge in [0.25, 0.3) is 0 Å². The molecule has 134 valence electrons. The largest absolute Gasteiger partial charge is 1.00 e. The molecule has 0 radical (unpaired) electrons. The van der Waals surface area contributed by atoms with Crippen LogP contribution in [0.4, 0.5) is 13.2 Å². The minimum absolute atomic E-state index is 0. The summed E-state index contributed by atoms with van der Waals surface area (Å²) in [5.41, 5.74) is 2.28. The van der Waals surface area contributed by atoms with Gasteiger partial charge in [-0.3, -0.25) is 9.19 Å². The van der Waals surface area contributed by atoms with Gasteiger partial charge >= 0.3 is 35.7 Å². The van der Waals surface area contributed by atoms with Crippen molar-refractivity contribution in [2.75, 3.05) is 6.61 Å². The van der Waals surface area contributed by atoms with Crippen LogP contribution in [-0.2, 0) is 16.6 Å². The molecular weight excluding hydrogens is 378 g/mol. The normalized spacial score (nSPS) is 12.6. The number of ether oxygens (including phenoxy) is 1. The number of hydrogen-bond acceptors (Lipinski definition) is 4. The number of fused-ring (bicyclic) bond motifs is 1. The summed E-state index contributed by atoms with van der Waals surface area (Å²) in [7, 11) is -1.51. The van der Waals surface area contributed by atoms with Crippen LogP contribution < -0.4 is 34.3 Å². The SMILES string of the molecule is Cc1c(OCC(F)(F)F)ccnc1C[S@@](=O)c1nc2ccccc2[nH]1.[H-].[Na+]. The Hall–Kier alpha value is -1.42. The molecule has 0 fully saturated rings. The predicted octanol–water partition coefficient (Wildman–Crippen LogP) is 0.632. The van der Waals surface area contributed by atoms with Crippen LogP contribution in [0.1, 0.15) is 12.7 Å². The second kappa shape index (κ2) is 8.51. The van der Waals surface area contributed by atoms with Crippen molar-refractivity contribution < 1.29 is 53.1 Å². The Labute approximate surface area is 173 Å². The van der Waals surface area contributed by atoms with Gasteiger partial charge in [0.1, 0.15) is 5.75 Å². The van der Waals surface area contributed by atoms with Gasteiger partial charge in [0, 0.05) is 11.8 Å². The molecule has 1 aromatic carbocycles. The number of nitrogens with one attached hydrogen (secondary N) is 1. The third-order valence-corrected chi connectivity index (χ3v) is 4.66. The van der Waals surface area contributed by atoms with Crippen LogP contribution in [0.15, 0.2) is 41.7 Å². The first kappa shape index (κ1) is 20.9. The van der Waals surface area contributed by atoms with Gasteiger partial charge in [0.15, 0.2) is 11.8 Å². The third-order valence-electron chi connectivity index (χ3n) is 3.50. The molecule has 1 atom stereocenters. The Bertz CT molecular complexity index is 904. The van der Waals surface area contributed by atoms with Gasteiger partial charge in [-0.25, -0.2) is 4.98 Å². The second-order valence-electron chi connectivity index (χ2n) is 5.33. The molecule has 5 nitrogen and oxygen atoms in total. The molecule has 3 rings (SSSR count). The summed E-state index contributed by atoms with van der Waals surface area (Å²) in [6.07, 6.45) is -3.09. The summed E-state index contributed by atoms with van der Waals surface area (Å²) in [4.78, 5) is 11.3. The van der Waals surface area contributed by atoms with E-state index in [4.69, 9.17) is 4.74 Å². The first-order valence-electron chi connectivity index (χ1n) is 7.30. The maximum absolute atomic E-state index is 12.5. The van der Waals surface area contributed by atoms with E-state index in [1.54, 1.807) is 13.0 Å². The van der Waals surface area contributed by atoms with Crippen LogP contribution in [0, 0.1) is 6.92 Å². The first-order valence-corrected chi connectivity index (χ1v) is 8.62. The molecule has 0 saturated carbocycles. The maximum Gasteiger partial charge on any atom is 1.00 e. The zero-order chi connectivity index (χ0) is 18.0. The van der Waals surface area contributed by atoms with Gasteiger partial charge in [-0.15, -0.1) is 0 Å². The van der Waals surface area contributed by atoms with Crippen molar-refractivity contribution in [2.24, 2.45) is 0 Å². The molecular formula is C16H15F3N3NaO2S. The van der Waals surface area contributed by atoms with E-state index in [-0.39, 0.29) is 42.5 Å². The van der Waals surface area contributed by atoms with E-state index >= 15 is 0 Å². The van der Waals surface area contributed by atoms with Gasteiger partial charge < -0.3 is 11.1 Å². The zero-order valence-corrected chi connectivity index (χ0v) is 16.9. The van der Waals surface area contributed by atoms with E-state index < -0.39 is 23.6 Å². The monoisotopic (exact) mass is 393 g/mol. The van der Waals surface area contributed by atoms with Gasteiger partial charge in [-0.2, -0.15) is 13.2 Å². The van der Waals surface area contributed by atoms with E-state index in [9.17, 15) is 17.4 Å². The summed E-state index contributed by atoms with van der Waals surface area (Å²) in [6.45, 7) is 0.202. The average molecular weight is 393 g/mol. The zero-order valence-electron chi connectivity index (χ0n) is 15.1. The number of alkyl halides is 3. The summed E-state index contributed by atoms with van der Waals surface area (Å²) < 4.78 is 54.2. The van der Waals surface area contributed by atoms with E-state index in [0.717, 1.165) is 5.52 Å². The molecule has 0 aliphatic carbocycles. The van der Waals surface area contributed by atoms with Crippen LogP contribution in [-0.4, -0.2) is 31.9 Å². The van der Waals surface area contributed by atoms with Crippen LogP contribution in [0.3, 0.4) is 0 Å². The molecule has 0 aliphatic heterocycles. The standard InChI is InChI=1S/C16H14F3N3O2S.Na.H/c1-10-13(20-7-6-14(10)24-9-16(17,18)19)8-25(23)15-21-11-4-2-3-5-12(11)22-15;;/h2-7H,8-9H2,1H3,(H,21,22);;/q;+1;-1/t25-;;/m1../s1. The van der Waals surface area contributed by atoms with Crippen molar-refractivity contribution in [1.82, 2.24) is 15.0 Å². The quantitative estimate of drug-likeness (QED) is 0.646. The van der Waals surface area contributed by atoms with Crippen molar-refractivity contribution in [2.45, 2.75) is 24.0 Å². The van der Waals surface area contributed by atoms with E-state index in [0.29, 0.717) is 21.9 Å². The maximum atomic E-state index is 12.5. The van der Waals surface area contributed by atoms with E-state index in [1.807, 2.05) is 18.2 Å². The molecule has 0 unspecified atom stereocenters. The summed E-state index contributed by atoms with van der Waals surface area (Å²) in [5, 5.41) is 0.295. The van der Waals surface area contributed by atoms with Crippen molar-refractivity contribution in [3.05, 3.63) is 47.8 Å². The minimum atomic E-state index is -4.42. The number of para-hydroxylation sites is 2. The summed E-state index contributed by atoms with van der Waals surface area (Å²) >= 11 is 0. The molecule has 0 spiro atoms. The Kier molecular flexibility index (Phi) is 6.84. The number of pyridine rings is 1. The van der Waals surface area contributed by atoms with Crippen molar-refractivity contribution >= 4 is 21.8 Å². The summed E-state index contributed by atoms with van der Waals surface area (Å²) in [5.74, 6) is 0.0958. The van der Waals surface area contributed by atoms with Gasteiger partial charge in [-0.05, 0) is 25.1 Å². The fourth-order valence-electron chi connectivity index (χ4n) is 2.25. The minimum Gasteiger partial charge on any atom is -1.00 e. The van der Waals surface area contributed by atoms with Crippen LogP contribution >= 0.6 is 0 Å². The third kappa shape index (κ3) is 5.06. The van der Waals surface area contributed by atoms with Crippen LogP contribution in [0.25, 0.3) is 11.0 Å². The second-order valence-corrected chi connectivity index (χ2v) is 6.70. The Balaban J connectivity index is 0.00000182. The number of aromatic amines is 1. The number of halogens is 3. The van der Waals surface area contributed by atoms with Gasteiger partial charge in [-0.1, -0.05) is 12.1 Å². The number of hydrogen-bond donors (Lipinski definition) is 1. The number of H-pyrrole nitrogens is 1. The Morgan fingerprint density at radius 3 is 2.69 bits per heavy atom. The molecule has 0 bridgehead atoms. The number of aromatic nitrogens is 3. The number of nitrogens with zero attached hydrogens (tertiary/aromatic N) is 2. The van der Waals surface area contributed by atoms with E-state index in [2.05, 4.69) is 15.0 Å². The van der Waals surface area contributed by atoms with Gasteiger partial charge in [0.2, 0.25) is 0 Å². The smallest absolute Gasteiger partial charge is 1.00 e. The van der Waals surface area contributed by atoms with Gasteiger partial charge in [0.05, 0.1) is 33.3 Å². The molecule has 0 saturated heterocycles.